The molecule has 0 saturated heterocycles. The number of benzene rings is 1. The van der Waals surface area contributed by atoms with Gasteiger partial charge in [-0.25, -0.2) is 4.79 Å². The molecule has 4 rings (SSSR count). The Labute approximate surface area is 144 Å². The van der Waals surface area contributed by atoms with Crippen molar-refractivity contribution in [2.45, 2.75) is 31.7 Å². The summed E-state index contributed by atoms with van der Waals surface area (Å²) in [5, 5.41) is 27.0. The van der Waals surface area contributed by atoms with Crippen LogP contribution < -0.4 is 0 Å². The first-order valence-electron chi connectivity index (χ1n) is 8.29. The SMILES string of the molecule is N#Cc1cn(C2CCCC2)c2ccc(-c3ccc(C(=O)O)nn3)cc12. The maximum atomic E-state index is 10.9. The zero-order valence-electron chi connectivity index (χ0n) is 13.5. The molecule has 0 radical (unpaired) electrons. The lowest BCUT2D eigenvalue weighted by Crippen LogP contribution is -2.03. The van der Waals surface area contributed by atoms with Crippen LogP contribution in [-0.2, 0) is 0 Å². The summed E-state index contributed by atoms with van der Waals surface area (Å²) in [5.41, 5.74) is 3.03. The highest BCUT2D eigenvalue weighted by molar-refractivity contribution is 5.90. The molecule has 6 nitrogen and oxygen atoms in total. The van der Waals surface area contributed by atoms with Gasteiger partial charge in [0, 0.05) is 28.7 Å². The number of hydrogen-bond acceptors (Lipinski definition) is 4. The van der Waals surface area contributed by atoms with Gasteiger partial charge in [-0.3, -0.25) is 0 Å². The summed E-state index contributed by atoms with van der Waals surface area (Å²) in [6, 6.07) is 11.7. The minimum Gasteiger partial charge on any atom is -0.476 e. The number of carboxylic acids is 1. The molecule has 2 heterocycles. The molecule has 0 atom stereocenters. The summed E-state index contributed by atoms with van der Waals surface area (Å²) < 4.78 is 2.23. The molecule has 1 aliphatic rings. The number of aromatic nitrogens is 3. The van der Waals surface area contributed by atoms with Crippen molar-refractivity contribution >= 4 is 16.9 Å². The average Bonchev–Trinajstić information content (AvgIpc) is 3.28. The van der Waals surface area contributed by atoms with E-state index in [1.54, 1.807) is 6.07 Å². The quantitative estimate of drug-likeness (QED) is 0.788. The van der Waals surface area contributed by atoms with E-state index in [1.165, 1.54) is 18.9 Å². The first-order valence-corrected chi connectivity index (χ1v) is 8.29. The maximum absolute atomic E-state index is 10.9. The number of hydrogen-bond donors (Lipinski definition) is 1. The number of carbonyl (C=O) groups is 1. The normalized spacial score (nSPS) is 14.7. The van der Waals surface area contributed by atoms with Gasteiger partial charge >= 0.3 is 5.97 Å². The molecular weight excluding hydrogens is 316 g/mol. The van der Waals surface area contributed by atoms with E-state index < -0.39 is 5.97 Å². The Hall–Kier alpha value is -3.20. The van der Waals surface area contributed by atoms with Gasteiger partial charge in [-0.1, -0.05) is 18.9 Å². The molecule has 3 aromatic rings. The van der Waals surface area contributed by atoms with Crippen molar-refractivity contribution in [3.63, 3.8) is 0 Å². The number of nitriles is 1. The molecule has 0 amide bonds. The first-order chi connectivity index (χ1) is 12.2. The van der Waals surface area contributed by atoms with E-state index in [4.69, 9.17) is 5.11 Å². The summed E-state index contributed by atoms with van der Waals surface area (Å²) in [7, 11) is 0. The van der Waals surface area contributed by atoms with Crippen LogP contribution in [0.1, 0.15) is 47.8 Å². The predicted molar refractivity (Wildman–Crippen MR) is 92.1 cm³/mol. The van der Waals surface area contributed by atoms with Crippen LogP contribution in [0, 0.1) is 11.3 Å². The Morgan fingerprint density at radius 3 is 2.64 bits per heavy atom. The molecule has 1 aliphatic carbocycles. The number of nitrogens with zero attached hydrogens (tertiary/aromatic N) is 4. The Balaban J connectivity index is 1.79. The van der Waals surface area contributed by atoms with Gasteiger partial charge in [0.25, 0.3) is 0 Å². The van der Waals surface area contributed by atoms with Gasteiger partial charge in [-0.15, -0.1) is 10.2 Å². The Kier molecular flexibility index (Phi) is 3.69. The fourth-order valence-corrected chi connectivity index (χ4v) is 3.59. The van der Waals surface area contributed by atoms with Crippen molar-refractivity contribution in [3.8, 4) is 17.3 Å². The molecule has 0 aliphatic heterocycles. The molecule has 0 unspecified atom stereocenters. The smallest absolute Gasteiger partial charge is 0.356 e. The molecule has 1 aromatic carbocycles. The zero-order valence-corrected chi connectivity index (χ0v) is 13.5. The van der Waals surface area contributed by atoms with E-state index in [2.05, 4.69) is 20.8 Å². The Bertz CT molecular complexity index is 993. The number of carboxylic acid groups (broad SMARTS) is 1. The lowest BCUT2D eigenvalue weighted by Gasteiger charge is -2.13. The van der Waals surface area contributed by atoms with Gasteiger partial charge in [0.05, 0.1) is 11.3 Å². The van der Waals surface area contributed by atoms with Gasteiger partial charge in [-0.2, -0.15) is 5.26 Å². The number of aromatic carboxylic acids is 1. The van der Waals surface area contributed by atoms with E-state index in [-0.39, 0.29) is 5.69 Å². The molecule has 1 N–H and O–H groups in total. The lowest BCUT2D eigenvalue weighted by molar-refractivity contribution is 0.0689. The van der Waals surface area contributed by atoms with E-state index in [1.807, 2.05) is 24.4 Å². The Morgan fingerprint density at radius 2 is 2.00 bits per heavy atom. The van der Waals surface area contributed by atoms with E-state index in [9.17, 15) is 10.1 Å². The van der Waals surface area contributed by atoms with Gasteiger partial charge in [-0.05, 0) is 37.1 Å². The van der Waals surface area contributed by atoms with Crippen LogP contribution in [0.5, 0.6) is 0 Å². The number of rotatable bonds is 3. The van der Waals surface area contributed by atoms with Crippen molar-refractivity contribution in [3.05, 3.63) is 47.8 Å². The summed E-state index contributed by atoms with van der Waals surface area (Å²) >= 11 is 0. The summed E-state index contributed by atoms with van der Waals surface area (Å²) in [6.45, 7) is 0. The summed E-state index contributed by atoms with van der Waals surface area (Å²) in [5.74, 6) is -1.10. The molecule has 6 heteroatoms. The standard InChI is InChI=1S/C19H16N4O2/c20-10-13-11-23(14-3-1-2-4-14)18-8-5-12(9-15(13)18)16-6-7-17(19(24)25)22-21-16/h5-9,11,14H,1-4H2,(H,24,25). The van der Waals surface area contributed by atoms with Crippen molar-refractivity contribution in [1.82, 2.24) is 14.8 Å². The first kappa shape index (κ1) is 15.3. The van der Waals surface area contributed by atoms with Crippen LogP contribution in [0.15, 0.2) is 36.5 Å². The van der Waals surface area contributed by atoms with Crippen molar-refractivity contribution in [1.29, 1.82) is 5.26 Å². The maximum Gasteiger partial charge on any atom is 0.356 e. The molecular formula is C19H16N4O2. The van der Waals surface area contributed by atoms with E-state index in [0.29, 0.717) is 17.3 Å². The van der Waals surface area contributed by atoms with Gasteiger partial charge in [0.2, 0.25) is 0 Å². The van der Waals surface area contributed by atoms with Crippen LogP contribution in [0.2, 0.25) is 0 Å². The number of fused-ring (bicyclic) bond motifs is 1. The highest BCUT2D eigenvalue weighted by atomic mass is 16.4. The van der Waals surface area contributed by atoms with Crippen molar-refractivity contribution < 1.29 is 9.90 Å². The third-order valence-corrected chi connectivity index (χ3v) is 4.85. The second-order valence-electron chi connectivity index (χ2n) is 6.34. The minimum atomic E-state index is -1.10. The van der Waals surface area contributed by atoms with E-state index in [0.717, 1.165) is 29.3 Å². The molecule has 124 valence electrons. The molecule has 25 heavy (non-hydrogen) atoms. The van der Waals surface area contributed by atoms with Crippen LogP contribution >= 0.6 is 0 Å². The predicted octanol–water partition coefficient (Wildman–Crippen LogP) is 3.78. The second kappa shape index (κ2) is 6.02. The lowest BCUT2D eigenvalue weighted by atomic mass is 10.1. The fraction of sp³-hybridized carbons (Fsp3) is 0.263. The van der Waals surface area contributed by atoms with Crippen LogP contribution in [0.25, 0.3) is 22.2 Å². The fourth-order valence-electron chi connectivity index (χ4n) is 3.59. The summed E-state index contributed by atoms with van der Waals surface area (Å²) in [6.07, 6.45) is 6.71. The van der Waals surface area contributed by atoms with Crippen LogP contribution in [0.4, 0.5) is 0 Å². The largest absolute Gasteiger partial charge is 0.476 e. The van der Waals surface area contributed by atoms with Crippen LogP contribution in [0.3, 0.4) is 0 Å². The van der Waals surface area contributed by atoms with E-state index >= 15 is 0 Å². The van der Waals surface area contributed by atoms with Crippen molar-refractivity contribution in [2.24, 2.45) is 0 Å². The zero-order chi connectivity index (χ0) is 17.4. The molecule has 0 spiro atoms. The highest BCUT2D eigenvalue weighted by Crippen LogP contribution is 2.35. The second-order valence-corrected chi connectivity index (χ2v) is 6.34. The van der Waals surface area contributed by atoms with Crippen LogP contribution in [-0.4, -0.2) is 25.8 Å². The monoisotopic (exact) mass is 332 g/mol. The molecule has 1 saturated carbocycles. The minimum absolute atomic E-state index is 0.0880. The molecule has 2 aromatic heterocycles. The third kappa shape index (κ3) is 2.64. The third-order valence-electron chi connectivity index (χ3n) is 4.85. The topological polar surface area (TPSA) is 91.8 Å². The van der Waals surface area contributed by atoms with Crippen molar-refractivity contribution in [2.75, 3.05) is 0 Å². The molecule has 1 fully saturated rings. The van der Waals surface area contributed by atoms with Gasteiger partial charge < -0.3 is 9.67 Å². The highest BCUT2D eigenvalue weighted by Gasteiger charge is 2.20. The van der Waals surface area contributed by atoms with Gasteiger partial charge in [0.15, 0.2) is 5.69 Å². The molecule has 0 bridgehead atoms. The average molecular weight is 332 g/mol. The van der Waals surface area contributed by atoms with Gasteiger partial charge in [0.1, 0.15) is 6.07 Å². The Morgan fingerprint density at radius 1 is 1.20 bits per heavy atom. The summed E-state index contributed by atoms with van der Waals surface area (Å²) in [4.78, 5) is 10.9.